The van der Waals surface area contributed by atoms with E-state index in [1.54, 1.807) is 23.1 Å². The molecule has 1 saturated heterocycles. The van der Waals surface area contributed by atoms with Crippen molar-refractivity contribution in [1.82, 2.24) is 4.90 Å². The zero-order chi connectivity index (χ0) is 23.8. The van der Waals surface area contributed by atoms with Crippen molar-refractivity contribution in [1.29, 1.82) is 0 Å². The van der Waals surface area contributed by atoms with Gasteiger partial charge in [-0.3, -0.25) is 4.31 Å². The maximum absolute atomic E-state index is 12.9. The summed E-state index contributed by atoms with van der Waals surface area (Å²) >= 11 is 0. The number of nitrogens with zero attached hydrogens (tertiary/aromatic N) is 2. The topological polar surface area (TPSA) is 105 Å². The third-order valence-corrected chi connectivity index (χ3v) is 7.53. The number of anilines is 2. The van der Waals surface area contributed by atoms with E-state index < -0.39 is 10.2 Å². The highest BCUT2D eigenvalue weighted by atomic mass is 32.2. The lowest BCUT2D eigenvalue weighted by Gasteiger charge is -2.39. The maximum Gasteiger partial charge on any atom is 0.321 e. The van der Waals surface area contributed by atoms with Crippen LogP contribution >= 0.6 is 0 Å². The summed E-state index contributed by atoms with van der Waals surface area (Å²) in [6.45, 7) is 1.35. The Hall–Kier alpha value is -3.56. The largest absolute Gasteiger partial charge is 0.457 e. The van der Waals surface area contributed by atoms with Crippen LogP contribution in [0.5, 0.6) is 11.5 Å². The van der Waals surface area contributed by atoms with Crippen molar-refractivity contribution in [2.45, 2.75) is 18.3 Å². The number of urea groups is 1. The number of para-hydroxylation sites is 2. The van der Waals surface area contributed by atoms with Gasteiger partial charge in [-0.15, -0.1) is 0 Å². The lowest BCUT2D eigenvalue weighted by molar-refractivity contribution is 0.173. The molecule has 0 radical (unpaired) electrons. The van der Waals surface area contributed by atoms with E-state index in [1.807, 2.05) is 60.7 Å². The minimum absolute atomic E-state index is 0.179. The van der Waals surface area contributed by atoms with Crippen molar-refractivity contribution < 1.29 is 17.9 Å². The van der Waals surface area contributed by atoms with Gasteiger partial charge in [0.15, 0.2) is 0 Å². The number of hydrogen-bond acceptors (Lipinski definition) is 4. The first kappa shape index (κ1) is 22.2. The lowest BCUT2D eigenvalue weighted by Crippen LogP contribution is -2.49. The second-order valence-corrected chi connectivity index (χ2v) is 10.2. The van der Waals surface area contributed by atoms with E-state index in [0.29, 0.717) is 49.6 Å². The smallest absolute Gasteiger partial charge is 0.321 e. The van der Waals surface area contributed by atoms with Crippen molar-refractivity contribution in [2.75, 3.05) is 29.3 Å². The molecule has 34 heavy (non-hydrogen) atoms. The average molecular weight is 479 g/mol. The summed E-state index contributed by atoms with van der Waals surface area (Å²) in [7, 11) is -3.86. The van der Waals surface area contributed by atoms with Crippen LogP contribution in [0.15, 0.2) is 78.9 Å². The number of ether oxygens (including phenoxy) is 1. The number of hydrogen-bond donors (Lipinski definition) is 2. The molecule has 3 N–H and O–H groups in total. The molecule has 2 amide bonds. The van der Waals surface area contributed by atoms with Crippen LogP contribution in [0.2, 0.25) is 0 Å². The molecule has 5 rings (SSSR count). The Morgan fingerprint density at radius 3 is 2.18 bits per heavy atom. The number of likely N-dealkylation sites (tertiary alicyclic amines) is 1. The Bertz CT molecular complexity index is 1290. The highest BCUT2D eigenvalue weighted by molar-refractivity contribution is 7.90. The minimum atomic E-state index is -3.86. The SMILES string of the molecule is NS(=O)(=O)N1CC2(CCN(C(=O)Nc3ccc(Oc4ccccc4)cc3)CC2)c2ccccc21. The van der Waals surface area contributed by atoms with E-state index in [-0.39, 0.29) is 11.4 Å². The number of carbonyl (C=O) groups is 1. The van der Waals surface area contributed by atoms with Crippen LogP contribution in [0.4, 0.5) is 16.2 Å². The molecule has 0 bridgehead atoms. The molecule has 8 nitrogen and oxygen atoms in total. The summed E-state index contributed by atoms with van der Waals surface area (Å²) in [5.74, 6) is 1.43. The van der Waals surface area contributed by atoms with Crippen LogP contribution in [0.25, 0.3) is 0 Å². The van der Waals surface area contributed by atoms with Gasteiger partial charge in [0.2, 0.25) is 0 Å². The molecule has 0 unspecified atom stereocenters. The molecule has 3 aromatic carbocycles. The van der Waals surface area contributed by atoms with Gasteiger partial charge in [0.05, 0.1) is 5.69 Å². The molecule has 0 saturated carbocycles. The monoisotopic (exact) mass is 478 g/mol. The number of carbonyl (C=O) groups excluding carboxylic acids is 1. The van der Waals surface area contributed by atoms with E-state index in [9.17, 15) is 13.2 Å². The van der Waals surface area contributed by atoms with E-state index >= 15 is 0 Å². The summed E-state index contributed by atoms with van der Waals surface area (Å²) in [5.41, 5.74) is 1.96. The minimum Gasteiger partial charge on any atom is -0.457 e. The Labute approximate surface area is 199 Å². The Kier molecular flexibility index (Phi) is 5.66. The number of rotatable bonds is 4. The number of nitrogens with two attached hydrogens (primary N) is 1. The molecule has 1 fully saturated rings. The van der Waals surface area contributed by atoms with Gasteiger partial charge in [-0.2, -0.15) is 8.42 Å². The van der Waals surface area contributed by atoms with Gasteiger partial charge in [-0.1, -0.05) is 36.4 Å². The quantitative estimate of drug-likeness (QED) is 0.590. The van der Waals surface area contributed by atoms with Crippen molar-refractivity contribution >= 4 is 27.6 Å². The third kappa shape index (κ3) is 4.32. The Balaban J connectivity index is 1.22. The molecule has 176 valence electrons. The summed E-state index contributed by atoms with van der Waals surface area (Å²) in [6, 6.07) is 24.0. The Morgan fingerprint density at radius 2 is 1.50 bits per heavy atom. The van der Waals surface area contributed by atoms with E-state index in [1.165, 1.54) is 4.31 Å². The molecule has 3 aromatic rings. The van der Waals surface area contributed by atoms with Crippen molar-refractivity contribution in [2.24, 2.45) is 5.14 Å². The van der Waals surface area contributed by atoms with Crippen molar-refractivity contribution in [3.8, 4) is 11.5 Å². The fourth-order valence-electron chi connectivity index (χ4n) is 4.81. The number of benzene rings is 3. The second kappa shape index (κ2) is 8.66. The molecule has 2 heterocycles. The van der Waals surface area contributed by atoms with E-state index in [0.717, 1.165) is 11.3 Å². The first-order valence-corrected chi connectivity index (χ1v) is 12.6. The average Bonchev–Trinajstić information content (AvgIpc) is 3.16. The van der Waals surface area contributed by atoms with Crippen molar-refractivity contribution in [3.63, 3.8) is 0 Å². The standard InChI is InChI=1S/C25H26N4O4S/c26-34(31,32)29-18-25(22-8-4-5-9-23(22)29)14-16-28(17-15-25)24(30)27-19-10-12-21(13-11-19)33-20-6-2-1-3-7-20/h1-13H,14-18H2,(H,27,30)(H2,26,31,32). The number of piperidine rings is 1. The van der Waals surface area contributed by atoms with Crippen LogP contribution < -0.4 is 19.5 Å². The van der Waals surface area contributed by atoms with Gasteiger partial charge in [-0.25, -0.2) is 9.93 Å². The van der Waals surface area contributed by atoms with Gasteiger partial charge in [0.1, 0.15) is 11.5 Å². The van der Waals surface area contributed by atoms with Gasteiger partial charge < -0.3 is 15.0 Å². The molecule has 9 heteroatoms. The molecule has 2 aliphatic heterocycles. The molecule has 2 aliphatic rings. The van der Waals surface area contributed by atoms with E-state index in [4.69, 9.17) is 9.88 Å². The summed E-state index contributed by atoms with van der Waals surface area (Å²) < 4.78 is 31.4. The first-order valence-electron chi connectivity index (χ1n) is 11.1. The summed E-state index contributed by atoms with van der Waals surface area (Å²) in [5, 5.41) is 8.41. The zero-order valence-corrected chi connectivity index (χ0v) is 19.4. The van der Waals surface area contributed by atoms with Crippen LogP contribution in [-0.2, 0) is 15.6 Å². The van der Waals surface area contributed by atoms with Gasteiger partial charge in [-0.05, 0) is 60.9 Å². The fourth-order valence-corrected chi connectivity index (χ4v) is 5.67. The van der Waals surface area contributed by atoms with Gasteiger partial charge in [0, 0.05) is 30.7 Å². The van der Waals surface area contributed by atoms with Crippen LogP contribution in [-0.4, -0.2) is 39.0 Å². The highest BCUT2D eigenvalue weighted by Crippen LogP contribution is 2.47. The molecular formula is C25H26N4O4S. The predicted octanol–water partition coefficient (Wildman–Crippen LogP) is 4.07. The maximum atomic E-state index is 12.9. The normalized spacial score (nSPS) is 16.9. The molecule has 0 aliphatic carbocycles. The number of fused-ring (bicyclic) bond motifs is 2. The third-order valence-electron chi connectivity index (χ3n) is 6.59. The van der Waals surface area contributed by atoms with Crippen LogP contribution in [0, 0.1) is 0 Å². The number of amides is 2. The zero-order valence-electron chi connectivity index (χ0n) is 18.6. The predicted molar refractivity (Wildman–Crippen MR) is 131 cm³/mol. The summed E-state index contributed by atoms with van der Waals surface area (Å²) in [6.07, 6.45) is 1.32. The Morgan fingerprint density at radius 1 is 0.882 bits per heavy atom. The number of nitrogens with one attached hydrogen (secondary N) is 1. The fraction of sp³-hybridized carbons (Fsp3) is 0.240. The molecule has 0 aromatic heterocycles. The highest BCUT2D eigenvalue weighted by Gasteiger charge is 2.47. The summed E-state index contributed by atoms with van der Waals surface area (Å²) in [4.78, 5) is 14.6. The molecular weight excluding hydrogens is 452 g/mol. The lowest BCUT2D eigenvalue weighted by atomic mass is 9.74. The van der Waals surface area contributed by atoms with E-state index in [2.05, 4.69) is 5.32 Å². The van der Waals surface area contributed by atoms with Crippen LogP contribution in [0.1, 0.15) is 18.4 Å². The first-order chi connectivity index (χ1) is 16.3. The molecule has 0 atom stereocenters. The van der Waals surface area contributed by atoms with Gasteiger partial charge >= 0.3 is 6.03 Å². The second-order valence-electron chi connectivity index (χ2n) is 8.71. The van der Waals surface area contributed by atoms with Crippen molar-refractivity contribution in [3.05, 3.63) is 84.4 Å². The van der Waals surface area contributed by atoms with Gasteiger partial charge in [0.25, 0.3) is 10.2 Å². The van der Waals surface area contributed by atoms with Crippen LogP contribution in [0.3, 0.4) is 0 Å². The molecule has 1 spiro atoms.